The van der Waals surface area contributed by atoms with Crippen LogP contribution in [0, 0.1) is 0 Å². The smallest absolute Gasteiger partial charge is 0.417 e. The third kappa shape index (κ3) is 4.02. The molecule has 2 aromatic carbocycles. The summed E-state index contributed by atoms with van der Waals surface area (Å²) in [5, 5.41) is 6.21. The van der Waals surface area contributed by atoms with Crippen molar-refractivity contribution in [2.45, 2.75) is 6.18 Å². The summed E-state index contributed by atoms with van der Waals surface area (Å²) in [4.78, 5) is 4.37. The van der Waals surface area contributed by atoms with Gasteiger partial charge in [0.15, 0.2) is 0 Å². The van der Waals surface area contributed by atoms with E-state index < -0.39 is 11.7 Å². The molecule has 0 aliphatic carbocycles. The summed E-state index contributed by atoms with van der Waals surface area (Å²) in [5.74, 6) is 0.0921. The largest absolute Gasteiger partial charge is 0.496 e. The molecule has 0 radical (unpaired) electrons. The summed E-state index contributed by atoms with van der Waals surface area (Å²) < 4.78 is 44.5. The van der Waals surface area contributed by atoms with E-state index in [1.165, 1.54) is 30.6 Å². The van der Waals surface area contributed by atoms with Gasteiger partial charge in [-0.1, -0.05) is 36.4 Å². The van der Waals surface area contributed by atoms with E-state index >= 15 is 0 Å². The average Bonchev–Trinajstić information content (AvgIpc) is 3.10. The molecule has 1 aromatic heterocycles. The Morgan fingerprint density at radius 2 is 1.88 bits per heavy atom. The molecule has 0 saturated heterocycles. The quantitative estimate of drug-likeness (QED) is 0.486. The van der Waals surface area contributed by atoms with Gasteiger partial charge in [-0.15, -0.1) is 11.3 Å². The minimum atomic E-state index is -4.50. The number of thiazole rings is 1. The molecule has 26 heavy (non-hydrogen) atoms. The maximum absolute atomic E-state index is 13.2. The van der Waals surface area contributed by atoms with Crippen molar-refractivity contribution in [3.63, 3.8) is 0 Å². The van der Waals surface area contributed by atoms with Gasteiger partial charge in [0, 0.05) is 16.5 Å². The molecule has 3 rings (SSSR count). The SMILES string of the molecule is COc1cccc(C(F)(F)F)c1C=NNc1nc(-c2ccccc2)cs1. The Balaban J connectivity index is 1.81. The molecule has 3 aromatic rings. The second-order valence-electron chi connectivity index (χ2n) is 5.19. The molecule has 0 aliphatic heterocycles. The number of hydrogen-bond acceptors (Lipinski definition) is 5. The topological polar surface area (TPSA) is 46.5 Å². The van der Waals surface area contributed by atoms with Crippen LogP contribution in [0.1, 0.15) is 11.1 Å². The highest BCUT2D eigenvalue weighted by molar-refractivity contribution is 7.14. The first kappa shape index (κ1) is 17.9. The van der Waals surface area contributed by atoms with E-state index in [1.54, 1.807) is 0 Å². The Hall–Kier alpha value is -2.87. The fourth-order valence-corrected chi connectivity index (χ4v) is 2.99. The minimum absolute atomic E-state index is 0.0921. The Morgan fingerprint density at radius 1 is 1.12 bits per heavy atom. The van der Waals surface area contributed by atoms with Crippen LogP contribution in [0.15, 0.2) is 59.0 Å². The molecular formula is C18H14F3N3OS. The number of halogens is 3. The summed E-state index contributed by atoms with van der Waals surface area (Å²) in [6.45, 7) is 0. The van der Waals surface area contributed by atoms with Gasteiger partial charge in [-0.3, -0.25) is 5.43 Å². The van der Waals surface area contributed by atoms with E-state index in [0.29, 0.717) is 5.13 Å². The van der Waals surface area contributed by atoms with E-state index in [-0.39, 0.29) is 11.3 Å². The van der Waals surface area contributed by atoms with Crippen molar-refractivity contribution in [3.05, 3.63) is 65.0 Å². The highest BCUT2D eigenvalue weighted by Gasteiger charge is 2.34. The van der Waals surface area contributed by atoms with E-state index in [2.05, 4.69) is 15.5 Å². The zero-order chi connectivity index (χ0) is 18.6. The molecule has 0 amide bonds. The number of hydrogen-bond donors (Lipinski definition) is 1. The van der Waals surface area contributed by atoms with Gasteiger partial charge in [-0.05, 0) is 12.1 Å². The van der Waals surface area contributed by atoms with E-state index in [9.17, 15) is 13.2 Å². The first-order chi connectivity index (χ1) is 12.5. The zero-order valence-corrected chi connectivity index (χ0v) is 14.4. The van der Waals surface area contributed by atoms with Gasteiger partial charge >= 0.3 is 6.18 Å². The van der Waals surface area contributed by atoms with Crippen LogP contribution in [0.3, 0.4) is 0 Å². The van der Waals surface area contributed by atoms with Gasteiger partial charge in [0.05, 0.1) is 24.6 Å². The molecular weight excluding hydrogens is 363 g/mol. The maximum Gasteiger partial charge on any atom is 0.417 e. The molecule has 0 saturated carbocycles. The highest BCUT2D eigenvalue weighted by atomic mass is 32.1. The van der Waals surface area contributed by atoms with Crippen molar-refractivity contribution in [2.24, 2.45) is 5.10 Å². The summed E-state index contributed by atoms with van der Waals surface area (Å²) in [5.41, 5.74) is 3.42. The summed E-state index contributed by atoms with van der Waals surface area (Å²) in [7, 11) is 1.31. The number of alkyl halides is 3. The predicted octanol–water partition coefficient (Wildman–Crippen LogP) is 5.28. The number of methoxy groups -OCH3 is 1. The number of benzene rings is 2. The molecule has 0 fully saturated rings. The van der Waals surface area contributed by atoms with Crippen molar-refractivity contribution in [1.82, 2.24) is 4.98 Å². The van der Waals surface area contributed by atoms with Crippen LogP contribution in [0.4, 0.5) is 18.3 Å². The molecule has 134 valence electrons. The van der Waals surface area contributed by atoms with Gasteiger partial charge in [0.2, 0.25) is 5.13 Å². The van der Waals surface area contributed by atoms with E-state index in [4.69, 9.17) is 4.74 Å². The second kappa shape index (κ2) is 7.57. The lowest BCUT2D eigenvalue weighted by Crippen LogP contribution is -2.10. The summed E-state index contributed by atoms with van der Waals surface area (Å²) in [6.07, 6.45) is -3.41. The Bertz CT molecular complexity index is 908. The molecule has 0 atom stereocenters. The minimum Gasteiger partial charge on any atom is -0.496 e. The van der Waals surface area contributed by atoms with Gasteiger partial charge in [-0.2, -0.15) is 18.3 Å². The zero-order valence-electron chi connectivity index (χ0n) is 13.6. The fourth-order valence-electron chi connectivity index (χ4n) is 2.32. The number of aromatic nitrogens is 1. The third-order valence-corrected chi connectivity index (χ3v) is 4.27. The normalized spacial score (nSPS) is 11.7. The number of nitrogens with zero attached hydrogens (tertiary/aromatic N) is 2. The van der Waals surface area contributed by atoms with Crippen LogP contribution >= 0.6 is 11.3 Å². The Labute approximate surface area is 152 Å². The van der Waals surface area contributed by atoms with Gasteiger partial charge in [-0.25, -0.2) is 4.98 Å². The summed E-state index contributed by atoms with van der Waals surface area (Å²) >= 11 is 1.31. The molecule has 0 spiro atoms. The summed E-state index contributed by atoms with van der Waals surface area (Å²) in [6, 6.07) is 13.3. The lowest BCUT2D eigenvalue weighted by atomic mass is 10.1. The van der Waals surface area contributed by atoms with Gasteiger partial charge in [0.25, 0.3) is 0 Å². The molecule has 0 bridgehead atoms. The van der Waals surface area contributed by atoms with Gasteiger partial charge < -0.3 is 4.74 Å². The highest BCUT2D eigenvalue weighted by Crippen LogP contribution is 2.35. The van der Waals surface area contributed by atoms with Crippen molar-refractivity contribution in [2.75, 3.05) is 12.5 Å². The molecule has 8 heteroatoms. The van der Waals surface area contributed by atoms with Crippen molar-refractivity contribution in [3.8, 4) is 17.0 Å². The van der Waals surface area contributed by atoms with E-state index in [0.717, 1.165) is 23.5 Å². The number of ether oxygens (including phenoxy) is 1. The molecule has 1 N–H and O–H groups in total. The van der Waals surface area contributed by atoms with Crippen molar-refractivity contribution in [1.29, 1.82) is 0 Å². The third-order valence-electron chi connectivity index (χ3n) is 3.52. The van der Waals surface area contributed by atoms with Crippen molar-refractivity contribution < 1.29 is 17.9 Å². The Kier molecular flexibility index (Phi) is 5.22. The monoisotopic (exact) mass is 377 g/mol. The predicted molar refractivity (Wildman–Crippen MR) is 96.8 cm³/mol. The van der Waals surface area contributed by atoms with Crippen LogP contribution in [-0.4, -0.2) is 18.3 Å². The van der Waals surface area contributed by atoms with Gasteiger partial charge in [0.1, 0.15) is 5.75 Å². The second-order valence-corrected chi connectivity index (χ2v) is 6.05. The lowest BCUT2D eigenvalue weighted by Gasteiger charge is -2.12. The van der Waals surface area contributed by atoms with Crippen molar-refractivity contribution >= 4 is 22.7 Å². The van der Waals surface area contributed by atoms with Crippen LogP contribution in [0.25, 0.3) is 11.3 Å². The maximum atomic E-state index is 13.2. The number of nitrogens with one attached hydrogen (secondary N) is 1. The molecule has 0 unspecified atom stereocenters. The fraction of sp³-hybridized carbons (Fsp3) is 0.111. The molecule has 1 heterocycles. The number of anilines is 1. The van der Waals surface area contributed by atoms with Crippen LogP contribution in [-0.2, 0) is 6.18 Å². The average molecular weight is 377 g/mol. The van der Waals surface area contributed by atoms with Crippen LogP contribution in [0.2, 0.25) is 0 Å². The molecule has 0 aliphatic rings. The van der Waals surface area contributed by atoms with Crippen LogP contribution in [0.5, 0.6) is 5.75 Å². The number of rotatable bonds is 5. The first-order valence-electron chi connectivity index (χ1n) is 7.53. The van der Waals surface area contributed by atoms with E-state index in [1.807, 2.05) is 35.7 Å². The van der Waals surface area contributed by atoms with Crippen LogP contribution < -0.4 is 10.2 Å². The first-order valence-corrected chi connectivity index (χ1v) is 8.41. The Morgan fingerprint density at radius 3 is 2.58 bits per heavy atom. The molecule has 4 nitrogen and oxygen atoms in total. The lowest BCUT2D eigenvalue weighted by molar-refractivity contribution is -0.137. The number of hydrazone groups is 1. The standard InChI is InChI=1S/C18H14F3N3OS/c1-25-16-9-5-8-14(18(19,20)21)13(16)10-22-24-17-23-15(11-26-17)12-6-3-2-4-7-12/h2-11H,1H3,(H,23,24).